The third-order valence-corrected chi connectivity index (χ3v) is 5.67. The van der Waals surface area contributed by atoms with Gasteiger partial charge in [0.2, 0.25) is 11.8 Å². The van der Waals surface area contributed by atoms with Gasteiger partial charge in [-0.25, -0.2) is 9.98 Å². The Bertz CT molecular complexity index is 1130. The molecule has 0 amide bonds. The van der Waals surface area contributed by atoms with Gasteiger partial charge in [-0.2, -0.15) is 4.98 Å². The number of imidazole rings is 1. The van der Waals surface area contributed by atoms with Crippen LogP contribution in [0.15, 0.2) is 47.6 Å². The molecule has 0 aliphatic carbocycles. The van der Waals surface area contributed by atoms with Crippen LogP contribution in [0.3, 0.4) is 0 Å². The maximum absolute atomic E-state index is 10.3. The topological polar surface area (TPSA) is 98.7 Å². The molecular formula is C24H26N6O2. The second-order valence-electron chi connectivity index (χ2n) is 7.88. The molecule has 1 aromatic carbocycles. The number of benzene rings is 1. The quantitative estimate of drug-likeness (QED) is 0.496. The van der Waals surface area contributed by atoms with Crippen molar-refractivity contribution in [3.63, 3.8) is 0 Å². The van der Waals surface area contributed by atoms with E-state index in [0.29, 0.717) is 17.5 Å². The average molecular weight is 431 g/mol. The molecule has 0 atom stereocenters. The van der Waals surface area contributed by atoms with Crippen LogP contribution in [0, 0.1) is 0 Å². The molecule has 1 fully saturated rings. The zero-order valence-electron chi connectivity index (χ0n) is 17.8. The highest BCUT2D eigenvalue weighted by molar-refractivity contribution is 6.21. The molecule has 8 heteroatoms. The van der Waals surface area contributed by atoms with Crippen LogP contribution in [0.25, 0.3) is 22.8 Å². The van der Waals surface area contributed by atoms with Gasteiger partial charge in [-0.15, -0.1) is 0 Å². The third kappa shape index (κ3) is 4.56. The normalized spacial score (nSPS) is 17.1. The lowest BCUT2D eigenvalue weighted by atomic mass is 10.0. The van der Waals surface area contributed by atoms with Crippen molar-refractivity contribution in [1.29, 1.82) is 0 Å². The van der Waals surface area contributed by atoms with Crippen LogP contribution in [0.2, 0.25) is 0 Å². The Kier molecular flexibility index (Phi) is 5.96. The number of allylic oxidation sites excluding steroid dienone is 1. The number of hydrogen-bond donors (Lipinski definition) is 3. The number of rotatable bonds is 7. The van der Waals surface area contributed by atoms with E-state index in [9.17, 15) is 5.11 Å². The Morgan fingerprint density at radius 1 is 1.16 bits per heavy atom. The zero-order valence-corrected chi connectivity index (χ0v) is 17.8. The van der Waals surface area contributed by atoms with Gasteiger partial charge in [0.1, 0.15) is 5.69 Å². The number of nitrogens with zero attached hydrogens (tertiary/aromatic N) is 4. The van der Waals surface area contributed by atoms with E-state index in [1.807, 2.05) is 30.5 Å². The fraction of sp³-hybridized carbons (Fsp3) is 0.292. The predicted molar refractivity (Wildman–Crippen MR) is 126 cm³/mol. The number of anilines is 1. The van der Waals surface area contributed by atoms with Crippen LogP contribution >= 0.6 is 0 Å². The summed E-state index contributed by atoms with van der Waals surface area (Å²) in [4.78, 5) is 18.7. The second kappa shape index (κ2) is 9.33. The van der Waals surface area contributed by atoms with E-state index in [2.05, 4.69) is 48.4 Å². The number of morpholine rings is 1. The van der Waals surface area contributed by atoms with Crippen molar-refractivity contribution < 1.29 is 9.84 Å². The second-order valence-corrected chi connectivity index (χ2v) is 7.88. The van der Waals surface area contributed by atoms with Gasteiger partial charge in [0.05, 0.1) is 13.2 Å². The molecule has 3 N–H and O–H groups in total. The van der Waals surface area contributed by atoms with E-state index in [0.717, 1.165) is 68.1 Å². The number of aromatic nitrogens is 3. The SMILES string of the molecule is Oc1nc(NCCCN2CCOCC2)[nH]c1C=C1C=Nc2ncc(-c3ccccc3)cc21. The van der Waals surface area contributed by atoms with Crippen molar-refractivity contribution in [2.24, 2.45) is 4.99 Å². The molecule has 0 spiro atoms. The molecular weight excluding hydrogens is 404 g/mol. The molecule has 0 radical (unpaired) electrons. The van der Waals surface area contributed by atoms with Crippen LogP contribution in [-0.4, -0.2) is 70.6 Å². The predicted octanol–water partition coefficient (Wildman–Crippen LogP) is 3.57. The number of aromatic hydroxyl groups is 1. The number of fused-ring (bicyclic) bond motifs is 1. The summed E-state index contributed by atoms with van der Waals surface area (Å²) in [6, 6.07) is 12.2. The minimum absolute atomic E-state index is 0.0396. The summed E-state index contributed by atoms with van der Waals surface area (Å²) >= 11 is 0. The van der Waals surface area contributed by atoms with E-state index in [1.165, 1.54) is 0 Å². The van der Waals surface area contributed by atoms with E-state index in [4.69, 9.17) is 4.74 Å². The highest BCUT2D eigenvalue weighted by atomic mass is 16.5. The third-order valence-electron chi connectivity index (χ3n) is 5.67. The molecule has 3 aromatic rings. The van der Waals surface area contributed by atoms with Gasteiger partial charge in [-0.3, -0.25) is 4.90 Å². The standard InChI is InChI=1S/C24H26N6O2/c31-23-21(28-24(29-23)25-7-4-8-30-9-11-32-12-10-30)14-19-16-27-22-20(19)13-18(15-26-22)17-5-2-1-3-6-17/h1-3,5-6,13-16,31H,4,7-12H2,(H2,25,28,29). The molecule has 0 saturated carbocycles. The zero-order chi connectivity index (χ0) is 21.8. The lowest BCUT2D eigenvalue weighted by Gasteiger charge is -2.26. The Morgan fingerprint density at radius 3 is 2.84 bits per heavy atom. The number of nitrogens with one attached hydrogen (secondary N) is 2. The van der Waals surface area contributed by atoms with Crippen molar-refractivity contribution in [1.82, 2.24) is 19.9 Å². The fourth-order valence-corrected chi connectivity index (χ4v) is 3.93. The summed E-state index contributed by atoms with van der Waals surface area (Å²) < 4.78 is 5.38. The number of aliphatic imine (C=N–C) groups is 1. The van der Waals surface area contributed by atoms with Crippen molar-refractivity contribution in [2.45, 2.75) is 6.42 Å². The van der Waals surface area contributed by atoms with Gasteiger partial charge in [-0.1, -0.05) is 30.3 Å². The number of H-pyrrole nitrogens is 1. The summed E-state index contributed by atoms with van der Waals surface area (Å²) in [5.41, 5.74) is 4.47. The molecule has 4 heterocycles. The first-order valence-electron chi connectivity index (χ1n) is 10.9. The highest BCUT2D eigenvalue weighted by Crippen LogP contribution is 2.34. The number of hydrogen-bond acceptors (Lipinski definition) is 7. The van der Waals surface area contributed by atoms with Crippen molar-refractivity contribution in [2.75, 3.05) is 44.7 Å². The number of aromatic amines is 1. The first kappa shape index (κ1) is 20.4. The molecule has 164 valence electrons. The summed E-state index contributed by atoms with van der Waals surface area (Å²) in [7, 11) is 0. The molecule has 0 unspecified atom stereocenters. The van der Waals surface area contributed by atoms with Crippen molar-refractivity contribution in [3.05, 3.63) is 53.9 Å². The maximum atomic E-state index is 10.3. The average Bonchev–Trinajstić information content (AvgIpc) is 3.40. The highest BCUT2D eigenvalue weighted by Gasteiger charge is 2.17. The minimum Gasteiger partial charge on any atom is -0.492 e. The van der Waals surface area contributed by atoms with Crippen LogP contribution in [0.1, 0.15) is 17.7 Å². The van der Waals surface area contributed by atoms with E-state index < -0.39 is 0 Å². The molecule has 1 saturated heterocycles. The molecule has 5 rings (SSSR count). The largest absolute Gasteiger partial charge is 0.492 e. The van der Waals surface area contributed by atoms with Gasteiger partial charge >= 0.3 is 0 Å². The van der Waals surface area contributed by atoms with Crippen LogP contribution < -0.4 is 5.32 Å². The van der Waals surface area contributed by atoms with E-state index in [-0.39, 0.29) is 5.88 Å². The van der Waals surface area contributed by atoms with Gasteiger partial charge in [0, 0.05) is 48.7 Å². The molecule has 2 aromatic heterocycles. The monoisotopic (exact) mass is 430 g/mol. The van der Waals surface area contributed by atoms with Crippen LogP contribution in [0.5, 0.6) is 5.88 Å². The first-order valence-corrected chi connectivity index (χ1v) is 10.9. The molecule has 2 aliphatic heterocycles. The minimum atomic E-state index is -0.0396. The van der Waals surface area contributed by atoms with Crippen LogP contribution in [-0.2, 0) is 4.74 Å². The van der Waals surface area contributed by atoms with E-state index in [1.54, 1.807) is 6.21 Å². The summed E-state index contributed by atoms with van der Waals surface area (Å²) in [6.45, 7) is 5.39. The van der Waals surface area contributed by atoms with Gasteiger partial charge in [0.15, 0.2) is 5.82 Å². The maximum Gasteiger partial charge on any atom is 0.238 e. The smallest absolute Gasteiger partial charge is 0.238 e. The Labute approximate surface area is 186 Å². The Hall–Kier alpha value is -3.49. The molecule has 0 bridgehead atoms. The van der Waals surface area contributed by atoms with Crippen molar-refractivity contribution >= 4 is 29.6 Å². The lowest BCUT2D eigenvalue weighted by Crippen LogP contribution is -2.37. The molecule has 32 heavy (non-hydrogen) atoms. The Balaban J connectivity index is 1.26. The van der Waals surface area contributed by atoms with Gasteiger partial charge < -0.3 is 20.1 Å². The van der Waals surface area contributed by atoms with Gasteiger partial charge in [-0.05, 0) is 30.7 Å². The lowest BCUT2D eigenvalue weighted by molar-refractivity contribution is 0.0378. The van der Waals surface area contributed by atoms with Crippen LogP contribution in [0.4, 0.5) is 11.8 Å². The summed E-state index contributed by atoms with van der Waals surface area (Å²) in [6.07, 6.45) is 6.45. The fourth-order valence-electron chi connectivity index (χ4n) is 3.93. The summed E-state index contributed by atoms with van der Waals surface area (Å²) in [5.74, 6) is 1.20. The Morgan fingerprint density at radius 2 is 2.00 bits per heavy atom. The number of pyridine rings is 1. The van der Waals surface area contributed by atoms with E-state index >= 15 is 0 Å². The molecule has 2 aliphatic rings. The van der Waals surface area contributed by atoms with Crippen molar-refractivity contribution in [3.8, 4) is 17.0 Å². The summed E-state index contributed by atoms with van der Waals surface area (Å²) in [5, 5.41) is 13.6. The molecule has 8 nitrogen and oxygen atoms in total. The first-order chi connectivity index (χ1) is 15.8. The number of ether oxygens (including phenoxy) is 1. The van der Waals surface area contributed by atoms with Gasteiger partial charge in [0.25, 0.3) is 0 Å².